The quantitative estimate of drug-likeness (QED) is 0.791. The van der Waals surface area contributed by atoms with Crippen molar-refractivity contribution < 1.29 is 28.2 Å². The van der Waals surface area contributed by atoms with Crippen LogP contribution in [0.15, 0.2) is 30.6 Å². The van der Waals surface area contributed by atoms with Gasteiger partial charge in [0, 0.05) is 30.4 Å². The van der Waals surface area contributed by atoms with Gasteiger partial charge in [-0.1, -0.05) is 0 Å². The van der Waals surface area contributed by atoms with Crippen molar-refractivity contribution in [3.8, 4) is 11.1 Å². The van der Waals surface area contributed by atoms with E-state index in [1.54, 1.807) is 6.07 Å². The summed E-state index contributed by atoms with van der Waals surface area (Å²) in [7, 11) is 0. The third-order valence-corrected chi connectivity index (χ3v) is 4.67. The Bertz CT molecular complexity index is 999. The molecule has 1 aromatic carbocycles. The van der Waals surface area contributed by atoms with Gasteiger partial charge in [-0.25, -0.2) is 28.8 Å². The SMILES string of the molecule is CC(=O)NC[C@H]1CN(c2ccc(-c3cnc(N4CCOC4=O)nc3)c(F)c2)C(=O)O1. The lowest BCUT2D eigenvalue weighted by atomic mass is 10.1. The third-order valence-electron chi connectivity index (χ3n) is 4.67. The van der Waals surface area contributed by atoms with Crippen molar-refractivity contribution in [2.45, 2.75) is 13.0 Å². The first-order chi connectivity index (χ1) is 14.4. The highest BCUT2D eigenvalue weighted by Crippen LogP contribution is 2.29. The second-order valence-electron chi connectivity index (χ2n) is 6.76. The van der Waals surface area contributed by atoms with Crippen molar-refractivity contribution >= 4 is 29.7 Å². The second kappa shape index (κ2) is 7.93. The first-order valence-corrected chi connectivity index (χ1v) is 9.21. The Hall–Kier alpha value is -3.76. The van der Waals surface area contributed by atoms with Crippen molar-refractivity contribution in [3.63, 3.8) is 0 Å². The second-order valence-corrected chi connectivity index (χ2v) is 6.76. The van der Waals surface area contributed by atoms with E-state index >= 15 is 0 Å². The van der Waals surface area contributed by atoms with Gasteiger partial charge in [-0.2, -0.15) is 0 Å². The number of hydrogen-bond donors (Lipinski definition) is 1. The normalized spacial score (nSPS) is 18.4. The van der Waals surface area contributed by atoms with Crippen molar-refractivity contribution in [1.29, 1.82) is 0 Å². The number of carbonyl (C=O) groups excluding carboxylic acids is 3. The highest BCUT2D eigenvalue weighted by atomic mass is 19.1. The summed E-state index contributed by atoms with van der Waals surface area (Å²) in [6, 6.07) is 4.33. The van der Waals surface area contributed by atoms with E-state index in [1.165, 1.54) is 41.2 Å². The molecule has 1 atom stereocenters. The van der Waals surface area contributed by atoms with E-state index in [0.29, 0.717) is 17.8 Å². The minimum atomic E-state index is -0.609. The van der Waals surface area contributed by atoms with Gasteiger partial charge in [-0.05, 0) is 18.2 Å². The fourth-order valence-corrected chi connectivity index (χ4v) is 3.18. The van der Waals surface area contributed by atoms with Gasteiger partial charge in [0.15, 0.2) is 0 Å². The lowest BCUT2D eigenvalue weighted by Gasteiger charge is -2.15. The summed E-state index contributed by atoms with van der Waals surface area (Å²) in [5, 5.41) is 2.59. The fourth-order valence-electron chi connectivity index (χ4n) is 3.18. The average molecular weight is 415 g/mol. The summed E-state index contributed by atoms with van der Waals surface area (Å²) in [6.45, 7) is 2.38. The molecule has 2 saturated heterocycles. The Morgan fingerprint density at radius 2 is 2.00 bits per heavy atom. The molecule has 0 spiro atoms. The zero-order valence-corrected chi connectivity index (χ0v) is 16.0. The van der Waals surface area contributed by atoms with Gasteiger partial charge in [0.2, 0.25) is 11.9 Å². The van der Waals surface area contributed by atoms with Crippen LogP contribution in [0.2, 0.25) is 0 Å². The topological polar surface area (TPSA) is 114 Å². The molecule has 0 aliphatic carbocycles. The molecule has 4 rings (SSSR count). The Balaban J connectivity index is 1.49. The molecule has 30 heavy (non-hydrogen) atoms. The van der Waals surface area contributed by atoms with Gasteiger partial charge >= 0.3 is 12.2 Å². The molecule has 2 aromatic rings. The maximum Gasteiger partial charge on any atom is 0.416 e. The number of nitrogens with one attached hydrogen (secondary N) is 1. The van der Waals surface area contributed by atoms with Gasteiger partial charge in [-0.3, -0.25) is 9.69 Å². The molecular weight excluding hydrogens is 397 g/mol. The number of aromatic nitrogens is 2. The molecule has 3 amide bonds. The molecule has 0 saturated carbocycles. The van der Waals surface area contributed by atoms with E-state index < -0.39 is 24.1 Å². The first kappa shape index (κ1) is 19.6. The molecule has 0 unspecified atom stereocenters. The standard InChI is InChI=1S/C19H18FN5O5/c1-11(26)21-9-14-10-25(19(28)30-14)13-2-3-15(16(20)6-13)12-7-22-17(23-8-12)24-4-5-29-18(24)27/h2-3,6-8,14H,4-5,9-10H2,1H3,(H,21,26)/t14-/m0/s1. The van der Waals surface area contributed by atoms with E-state index in [0.717, 1.165) is 0 Å². The number of halogens is 1. The highest BCUT2D eigenvalue weighted by molar-refractivity contribution is 5.90. The summed E-state index contributed by atoms with van der Waals surface area (Å²) >= 11 is 0. The maximum absolute atomic E-state index is 14.8. The number of amides is 3. The lowest BCUT2D eigenvalue weighted by molar-refractivity contribution is -0.119. The number of cyclic esters (lactones) is 2. The van der Waals surface area contributed by atoms with Crippen molar-refractivity contribution in [1.82, 2.24) is 15.3 Å². The predicted molar refractivity (Wildman–Crippen MR) is 102 cm³/mol. The molecule has 0 bridgehead atoms. The van der Waals surface area contributed by atoms with Crippen LogP contribution < -0.4 is 15.1 Å². The molecule has 156 valence electrons. The van der Waals surface area contributed by atoms with Crippen LogP contribution in [0.1, 0.15) is 6.92 Å². The van der Waals surface area contributed by atoms with Gasteiger partial charge in [-0.15, -0.1) is 0 Å². The zero-order chi connectivity index (χ0) is 21.3. The van der Waals surface area contributed by atoms with E-state index in [2.05, 4.69) is 15.3 Å². The number of nitrogens with zero attached hydrogens (tertiary/aromatic N) is 4. The molecular formula is C19H18FN5O5. The first-order valence-electron chi connectivity index (χ1n) is 9.21. The highest BCUT2D eigenvalue weighted by Gasteiger charge is 2.33. The van der Waals surface area contributed by atoms with Gasteiger partial charge in [0.1, 0.15) is 18.5 Å². The molecule has 0 radical (unpaired) electrons. The van der Waals surface area contributed by atoms with Crippen LogP contribution >= 0.6 is 0 Å². The number of carbonyl (C=O) groups is 3. The van der Waals surface area contributed by atoms with Crippen LogP contribution in [0.4, 0.5) is 25.6 Å². The largest absolute Gasteiger partial charge is 0.447 e. The average Bonchev–Trinajstić information content (AvgIpc) is 3.32. The van der Waals surface area contributed by atoms with Crippen molar-refractivity contribution in [3.05, 3.63) is 36.4 Å². The molecule has 11 heteroatoms. The van der Waals surface area contributed by atoms with Crippen LogP contribution in [0.5, 0.6) is 0 Å². The number of rotatable bonds is 5. The summed E-state index contributed by atoms with van der Waals surface area (Å²) in [4.78, 5) is 45.5. The Kier molecular flexibility index (Phi) is 5.17. The van der Waals surface area contributed by atoms with E-state index in [9.17, 15) is 18.8 Å². The van der Waals surface area contributed by atoms with Gasteiger partial charge < -0.3 is 14.8 Å². The van der Waals surface area contributed by atoms with Crippen LogP contribution in [-0.4, -0.2) is 60.4 Å². The number of benzene rings is 1. The smallest absolute Gasteiger partial charge is 0.416 e. The molecule has 3 heterocycles. The molecule has 2 aliphatic heterocycles. The molecule has 2 aliphatic rings. The molecule has 1 aromatic heterocycles. The van der Waals surface area contributed by atoms with E-state index in [4.69, 9.17) is 9.47 Å². The minimum absolute atomic E-state index is 0.184. The van der Waals surface area contributed by atoms with Crippen molar-refractivity contribution in [2.75, 3.05) is 36.0 Å². The van der Waals surface area contributed by atoms with Crippen LogP contribution in [0, 0.1) is 5.82 Å². The monoisotopic (exact) mass is 415 g/mol. The number of ether oxygens (including phenoxy) is 2. The van der Waals surface area contributed by atoms with Crippen LogP contribution in [0.3, 0.4) is 0 Å². The zero-order valence-electron chi connectivity index (χ0n) is 16.0. The molecule has 10 nitrogen and oxygen atoms in total. The summed E-state index contributed by atoms with van der Waals surface area (Å²) in [5.74, 6) is -0.611. The predicted octanol–water partition coefficient (Wildman–Crippen LogP) is 1.70. The molecule has 1 N–H and O–H groups in total. The van der Waals surface area contributed by atoms with Crippen molar-refractivity contribution in [2.24, 2.45) is 0 Å². The fraction of sp³-hybridized carbons (Fsp3) is 0.316. The van der Waals surface area contributed by atoms with Gasteiger partial charge in [0.25, 0.3) is 0 Å². The minimum Gasteiger partial charge on any atom is -0.447 e. The molecule has 2 fully saturated rings. The summed E-state index contributed by atoms with van der Waals surface area (Å²) in [6.07, 6.45) is 1.19. The lowest BCUT2D eigenvalue weighted by Crippen LogP contribution is -2.33. The summed E-state index contributed by atoms with van der Waals surface area (Å²) in [5.41, 5.74) is 1.00. The van der Waals surface area contributed by atoms with E-state index in [1.807, 2.05) is 0 Å². The number of anilines is 2. The number of hydrogen-bond acceptors (Lipinski definition) is 7. The van der Waals surface area contributed by atoms with Crippen LogP contribution in [-0.2, 0) is 14.3 Å². The Morgan fingerprint density at radius 1 is 1.23 bits per heavy atom. The maximum atomic E-state index is 14.8. The Morgan fingerprint density at radius 3 is 2.63 bits per heavy atom. The summed E-state index contributed by atoms with van der Waals surface area (Å²) < 4.78 is 24.8. The Labute approximate surface area is 170 Å². The van der Waals surface area contributed by atoms with Gasteiger partial charge in [0.05, 0.1) is 25.3 Å². The van der Waals surface area contributed by atoms with E-state index in [-0.39, 0.29) is 37.1 Å². The third kappa shape index (κ3) is 3.86. The van der Waals surface area contributed by atoms with Crippen LogP contribution in [0.25, 0.3) is 11.1 Å².